The lowest BCUT2D eigenvalue weighted by Gasteiger charge is -2.44. The van der Waals surface area contributed by atoms with Crippen molar-refractivity contribution >= 4 is 29.4 Å². The molecule has 1 aliphatic rings. The van der Waals surface area contributed by atoms with Gasteiger partial charge in [0.2, 0.25) is 5.91 Å². The lowest BCUT2D eigenvalue weighted by atomic mass is 9.68. The summed E-state index contributed by atoms with van der Waals surface area (Å²) in [5.74, 6) is 0.461. The van der Waals surface area contributed by atoms with Crippen LogP contribution in [0.2, 0.25) is 5.02 Å². The molecule has 1 aromatic carbocycles. The van der Waals surface area contributed by atoms with Crippen LogP contribution < -0.4 is 5.73 Å². The van der Waals surface area contributed by atoms with Gasteiger partial charge in [-0.2, -0.15) is 0 Å². The van der Waals surface area contributed by atoms with E-state index in [9.17, 15) is 9.90 Å². The molecule has 1 heterocycles. The van der Waals surface area contributed by atoms with E-state index in [-0.39, 0.29) is 17.7 Å². The molecule has 0 saturated carbocycles. The Labute approximate surface area is 161 Å². The van der Waals surface area contributed by atoms with Gasteiger partial charge in [-0.25, -0.2) is 0 Å². The minimum absolute atomic E-state index is 0.0101. The molecule has 1 aliphatic heterocycles. The maximum absolute atomic E-state index is 12.2. The molecule has 1 atom stereocenters. The number of anilines is 1. The fraction of sp³-hybridized carbons (Fsp3) is 0.600. The molecular formula is C20H30ClN3O2. The number of aliphatic hydroxyl groups is 1. The third-order valence-electron chi connectivity index (χ3n) is 5.72. The summed E-state index contributed by atoms with van der Waals surface area (Å²) in [6.45, 7) is 9.35. The highest BCUT2D eigenvalue weighted by molar-refractivity contribution is 6.31. The summed E-state index contributed by atoms with van der Waals surface area (Å²) in [6.07, 6.45) is 2.05. The third-order valence-corrected chi connectivity index (χ3v) is 5.93. The molecule has 0 bridgehead atoms. The van der Waals surface area contributed by atoms with E-state index < -0.39 is 11.5 Å². The molecule has 0 aliphatic carbocycles. The minimum atomic E-state index is -0.794. The monoisotopic (exact) mass is 379 g/mol. The third kappa shape index (κ3) is 4.04. The molecule has 26 heavy (non-hydrogen) atoms. The average Bonchev–Trinajstić information content (AvgIpc) is 2.61. The highest BCUT2D eigenvalue weighted by Gasteiger charge is 2.40. The van der Waals surface area contributed by atoms with E-state index in [4.69, 9.17) is 22.7 Å². The van der Waals surface area contributed by atoms with Gasteiger partial charge in [0.25, 0.3) is 0 Å². The van der Waals surface area contributed by atoms with Crippen molar-refractivity contribution in [2.75, 3.05) is 18.8 Å². The van der Waals surface area contributed by atoms with Crippen molar-refractivity contribution in [3.8, 4) is 0 Å². The average molecular weight is 380 g/mol. The van der Waals surface area contributed by atoms with Crippen molar-refractivity contribution in [2.45, 2.75) is 46.6 Å². The molecule has 0 spiro atoms. The summed E-state index contributed by atoms with van der Waals surface area (Å²) in [6, 6.07) is 3.32. The molecule has 5 nitrogen and oxygen atoms in total. The predicted molar refractivity (Wildman–Crippen MR) is 107 cm³/mol. The Morgan fingerprint density at radius 2 is 1.96 bits per heavy atom. The lowest BCUT2D eigenvalue weighted by molar-refractivity contribution is -0.137. The number of likely N-dealkylation sites (tertiary alicyclic amines) is 1. The van der Waals surface area contributed by atoms with Gasteiger partial charge >= 0.3 is 0 Å². The van der Waals surface area contributed by atoms with Crippen LogP contribution in [-0.4, -0.2) is 35.2 Å². The van der Waals surface area contributed by atoms with Gasteiger partial charge in [-0.1, -0.05) is 39.3 Å². The fourth-order valence-corrected chi connectivity index (χ4v) is 4.07. The first-order valence-corrected chi connectivity index (χ1v) is 9.53. The van der Waals surface area contributed by atoms with Gasteiger partial charge in [0, 0.05) is 47.1 Å². The molecule has 1 amide bonds. The minimum Gasteiger partial charge on any atom is -0.398 e. The smallest absolute Gasteiger partial charge is 0.225 e. The van der Waals surface area contributed by atoms with Gasteiger partial charge in [0.05, 0.1) is 6.10 Å². The second-order valence-electron chi connectivity index (χ2n) is 8.12. The van der Waals surface area contributed by atoms with Crippen LogP contribution in [0.15, 0.2) is 12.1 Å². The van der Waals surface area contributed by atoms with Crippen molar-refractivity contribution in [1.82, 2.24) is 4.90 Å². The summed E-state index contributed by atoms with van der Waals surface area (Å²) in [4.78, 5) is 14.1. The number of benzene rings is 1. The summed E-state index contributed by atoms with van der Waals surface area (Å²) in [5.41, 5.74) is 7.22. The second-order valence-corrected chi connectivity index (χ2v) is 8.56. The number of nitrogen functional groups attached to an aromatic ring is 1. The van der Waals surface area contributed by atoms with E-state index in [1.165, 1.54) is 0 Å². The van der Waals surface area contributed by atoms with E-state index in [0.717, 1.165) is 19.1 Å². The van der Waals surface area contributed by atoms with Crippen molar-refractivity contribution in [3.63, 3.8) is 0 Å². The zero-order valence-corrected chi connectivity index (χ0v) is 16.8. The van der Waals surface area contributed by atoms with Crippen LogP contribution in [-0.2, 0) is 4.79 Å². The van der Waals surface area contributed by atoms with Crippen LogP contribution in [0.4, 0.5) is 5.69 Å². The molecule has 4 N–H and O–H groups in total. The molecular weight excluding hydrogens is 350 g/mol. The van der Waals surface area contributed by atoms with Crippen LogP contribution in [0.1, 0.15) is 57.8 Å². The Kier molecular flexibility index (Phi) is 6.35. The van der Waals surface area contributed by atoms with E-state index in [0.29, 0.717) is 34.9 Å². The number of nitrogens with zero attached hydrogens (tertiary/aromatic N) is 1. The van der Waals surface area contributed by atoms with Crippen LogP contribution >= 0.6 is 11.6 Å². The maximum atomic E-state index is 12.2. The molecule has 2 rings (SSSR count). The number of carbonyl (C=O) groups excluding carboxylic acids is 1. The summed E-state index contributed by atoms with van der Waals surface area (Å²) in [5, 5.41) is 19.0. The summed E-state index contributed by atoms with van der Waals surface area (Å²) >= 11 is 6.15. The number of hydrogen-bond acceptors (Lipinski definition) is 4. The molecule has 1 saturated heterocycles. The molecule has 144 valence electrons. The molecule has 0 aromatic heterocycles. The molecule has 6 heteroatoms. The first-order valence-electron chi connectivity index (χ1n) is 9.15. The van der Waals surface area contributed by atoms with E-state index in [1.807, 2.05) is 32.6 Å². The Bertz CT molecular complexity index is 680. The molecule has 1 unspecified atom stereocenters. The number of rotatable bonds is 5. The topological polar surface area (TPSA) is 90.4 Å². The number of nitrogens with one attached hydrogen (secondary N) is 1. The number of nitrogens with two attached hydrogens (primary N) is 1. The van der Waals surface area contributed by atoms with Crippen LogP contribution in [0.25, 0.3) is 0 Å². The second kappa shape index (κ2) is 7.97. The highest BCUT2D eigenvalue weighted by atomic mass is 35.5. The Morgan fingerprint density at radius 3 is 2.46 bits per heavy atom. The van der Waals surface area contributed by atoms with E-state index in [2.05, 4.69) is 0 Å². The Hall–Kier alpha value is -1.59. The highest BCUT2D eigenvalue weighted by Crippen LogP contribution is 2.46. The van der Waals surface area contributed by atoms with Gasteiger partial charge in [-0.3, -0.25) is 4.79 Å². The van der Waals surface area contributed by atoms with Gasteiger partial charge < -0.3 is 21.1 Å². The van der Waals surface area contributed by atoms with Gasteiger partial charge in [-0.15, -0.1) is 0 Å². The molecule has 0 radical (unpaired) electrons. The first-order chi connectivity index (χ1) is 12.1. The summed E-state index contributed by atoms with van der Waals surface area (Å²) in [7, 11) is 0. The van der Waals surface area contributed by atoms with E-state index in [1.54, 1.807) is 12.1 Å². The molecule has 1 aromatic rings. The number of aliphatic hydroxyl groups excluding tert-OH is 1. The zero-order valence-electron chi connectivity index (χ0n) is 16.1. The van der Waals surface area contributed by atoms with Crippen molar-refractivity contribution in [2.24, 2.45) is 17.3 Å². The van der Waals surface area contributed by atoms with Crippen LogP contribution in [0.5, 0.6) is 0 Å². The SMILES string of the molecule is CC(C)C(=O)N1CCC(C(C)(C)C(O)c2cc(Cl)cc(C=N)c2N)CC1. The summed E-state index contributed by atoms with van der Waals surface area (Å²) < 4.78 is 0. The number of halogens is 1. The number of carbonyl (C=O) groups is 1. The normalized spacial score (nSPS) is 17.4. The van der Waals surface area contributed by atoms with Crippen molar-refractivity contribution in [1.29, 1.82) is 5.41 Å². The van der Waals surface area contributed by atoms with Gasteiger partial charge in [0.15, 0.2) is 0 Å². The van der Waals surface area contributed by atoms with Crippen LogP contribution in [0, 0.1) is 22.7 Å². The van der Waals surface area contributed by atoms with Crippen LogP contribution in [0.3, 0.4) is 0 Å². The molecule has 1 fully saturated rings. The van der Waals surface area contributed by atoms with Crippen molar-refractivity contribution < 1.29 is 9.90 Å². The lowest BCUT2D eigenvalue weighted by Crippen LogP contribution is -2.45. The number of piperidine rings is 1. The van der Waals surface area contributed by atoms with Crippen molar-refractivity contribution in [3.05, 3.63) is 28.3 Å². The Morgan fingerprint density at radius 1 is 1.38 bits per heavy atom. The fourth-order valence-electron chi connectivity index (χ4n) is 3.84. The van der Waals surface area contributed by atoms with Gasteiger partial charge in [-0.05, 0) is 36.3 Å². The zero-order chi connectivity index (χ0) is 19.6. The van der Waals surface area contributed by atoms with E-state index >= 15 is 0 Å². The Balaban J connectivity index is 2.19. The standard InChI is InChI=1S/C20H30ClN3O2/c1-12(2)19(26)24-7-5-14(6-8-24)20(3,4)18(25)16-10-15(21)9-13(11-22)17(16)23/h9-12,14,18,22,25H,5-8,23H2,1-4H3. The number of amides is 1. The van der Waals surface area contributed by atoms with Gasteiger partial charge in [0.1, 0.15) is 0 Å². The quantitative estimate of drug-likeness (QED) is 0.535. The number of hydrogen-bond donors (Lipinski definition) is 3. The maximum Gasteiger partial charge on any atom is 0.225 e. The predicted octanol–water partition coefficient (Wildman–Crippen LogP) is 3.87. The first kappa shape index (κ1) is 20.7. The largest absolute Gasteiger partial charge is 0.398 e.